The van der Waals surface area contributed by atoms with Crippen molar-refractivity contribution in [2.24, 2.45) is 0 Å². The zero-order valence-electron chi connectivity index (χ0n) is 12.5. The summed E-state index contributed by atoms with van der Waals surface area (Å²) in [5, 5.41) is 11.9. The number of hydrogen-bond acceptors (Lipinski definition) is 3. The summed E-state index contributed by atoms with van der Waals surface area (Å²) >= 11 is 0. The molecule has 1 atom stereocenters. The maximum Gasteiger partial charge on any atom is 0.235 e. The molecule has 0 spiro atoms. The van der Waals surface area contributed by atoms with E-state index in [2.05, 4.69) is 11.4 Å². The number of methoxy groups -OCH3 is 1. The first-order chi connectivity index (χ1) is 10.6. The molecule has 1 heterocycles. The van der Waals surface area contributed by atoms with Gasteiger partial charge in [-0.2, -0.15) is 5.26 Å². The van der Waals surface area contributed by atoms with E-state index in [4.69, 9.17) is 10.00 Å². The zero-order chi connectivity index (χ0) is 15.7. The van der Waals surface area contributed by atoms with Crippen LogP contribution in [0.4, 0.5) is 5.69 Å². The van der Waals surface area contributed by atoms with E-state index in [0.29, 0.717) is 12.0 Å². The molecule has 4 heteroatoms. The van der Waals surface area contributed by atoms with Gasteiger partial charge in [0.05, 0.1) is 24.2 Å². The van der Waals surface area contributed by atoms with Crippen LogP contribution in [-0.4, -0.2) is 13.0 Å². The molecule has 1 amide bonds. The fourth-order valence-corrected chi connectivity index (χ4v) is 2.93. The third-order valence-corrected chi connectivity index (χ3v) is 4.18. The number of fused-ring (bicyclic) bond motifs is 1. The number of nitrogens with zero attached hydrogens (tertiary/aromatic N) is 1. The topological polar surface area (TPSA) is 62.1 Å². The number of amides is 1. The van der Waals surface area contributed by atoms with Gasteiger partial charge in [0, 0.05) is 5.69 Å². The molecule has 1 unspecified atom stereocenters. The quantitative estimate of drug-likeness (QED) is 0.946. The van der Waals surface area contributed by atoms with Gasteiger partial charge in [-0.3, -0.25) is 4.79 Å². The van der Waals surface area contributed by atoms with Gasteiger partial charge in [0.2, 0.25) is 5.91 Å². The number of benzene rings is 2. The summed E-state index contributed by atoms with van der Waals surface area (Å²) in [4.78, 5) is 12.5. The van der Waals surface area contributed by atoms with Gasteiger partial charge in [-0.1, -0.05) is 12.1 Å². The summed E-state index contributed by atoms with van der Waals surface area (Å²) < 4.78 is 5.27. The highest BCUT2D eigenvalue weighted by atomic mass is 16.5. The van der Waals surface area contributed by atoms with Crippen LogP contribution in [0, 0.1) is 11.3 Å². The highest BCUT2D eigenvalue weighted by Crippen LogP contribution is 2.41. The summed E-state index contributed by atoms with van der Waals surface area (Å²) in [5.41, 5.74) is 2.65. The Morgan fingerprint density at radius 1 is 1.27 bits per heavy atom. The van der Waals surface area contributed by atoms with Crippen LogP contribution in [-0.2, 0) is 16.6 Å². The largest absolute Gasteiger partial charge is 0.497 e. The van der Waals surface area contributed by atoms with Crippen LogP contribution < -0.4 is 10.1 Å². The third kappa shape index (κ3) is 2.21. The molecule has 0 saturated heterocycles. The lowest BCUT2D eigenvalue weighted by Crippen LogP contribution is -2.33. The van der Waals surface area contributed by atoms with Crippen molar-refractivity contribution in [3.8, 4) is 11.8 Å². The van der Waals surface area contributed by atoms with Crippen molar-refractivity contribution < 1.29 is 9.53 Å². The van der Waals surface area contributed by atoms with E-state index in [0.717, 1.165) is 22.6 Å². The zero-order valence-corrected chi connectivity index (χ0v) is 12.5. The normalized spacial score (nSPS) is 19.2. The molecule has 1 aliphatic rings. The van der Waals surface area contributed by atoms with Crippen LogP contribution in [0.5, 0.6) is 5.75 Å². The third-order valence-electron chi connectivity index (χ3n) is 4.18. The molecule has 110 valence electrons. The Morgan fingerprint density at radius 2 is 2.09 bits per heavy atom. The molecule has 2 aromatic carbocycles. The number of rotatable bonds is 3. The van der Waals surface area contributed by atoms with Crippen molar-refractivity contribution in [3.63, 3.8) is 0 Å². The molecule has 0 aromatic heterocycles. The number of nitrogens with one attached hydrogen (secondary N) is 1. The lowest BCUT2D eigenvalue weighted by atomic mass is 9.78. The van der Waals surface area contributed by atoms with Gasteiger partial charge < -0.3 is 10.1 Å². The number of ether oxygens (including phenoxy) is 1. The average molecular weight is 292 g/mol. The van der Waals surface area contributed by atoms with Crippen LogP contribution >= 0.6 is 0 Å². The average Bonchev–Trinajstić information content (AvgIpc) is 2.78. The molecule has 0 fully saturated rings. The van der Waals surface area contributed by atoms with Gasteiger partial charge in [-0.15, -0.1) is 0 Å². The predicted octanol–water partition coefficient (Wildman–Crippen LogP) is 3.02. The first kappa shape index (κ1) is 14.2. The summed E-state index contributed by atoms with van der Waals surface area (Å²) in [6.45, 7) is 1.92. The van der Waals surface area contributed by atoms with Gasteiger partial charge >= 0.3 is 0 Å². The van der Waals surface area contributed by atoms with Crippen LogP contribution in [0.1, 0.15) is 23.6 Å². The SMILES string of the molecule is COc1ccc2c(c1)C(C)(Cc1cccc(C#N)c1)C(=O)N2. The lowest BCUT2D eigenvalue weighted by molar-refractivity contribution is -0.120. The molecule has 22 heavy (non-hydrogen) atoms. The maximum absolute atomic E-state index is 12.5. The van der Waals surface area contributed by atoms with Crippen molar-refractivity contribution in [3.05, 3.63) is 59.2 Å². The number of nitriles is 1. The van der Waals surface area contributed by atoms with Crippen molar-refractivity contribution >= 4 is 11.6 Å². The minimum Gasteiger partial charge on any atom is -0.497 e. The molecular weight excluding hydrogens is 276 g/mol. The van der Waals surface area contributed by atoms with Gasteiger partial charge in [0.15, 0.2) is 0 Å². The van der Waals surface area contributed by atoms with Gasteiger partial charge in [0.1, 0.15) is 5.75 Å². The molecule has 0 bridgehead atoms. The Labute approximate surface area is 129 Å². The second-order valence-corrected chi connectivity index (χ2v) is 5.69. The monoisotopic (exact) mass is 292 g/mol. The second kappa shape index (κ2) is 5.19. The molecule has 1 aliphatic heterocycles. The summed E-state index contributed by atoms with van der Waals surface area (Å²) in [6, 6.07) is 15.1. The van der Waals surface area contributed by atoms with Gasteiger partial charge in [0.25, 0.3) is 0 Å². The van der Waals surface area contributed by atoms with Crippen LogP contribution in [0.3, 0.4) is 0 Å². The lowest BCUT2D eigenvalue weighted by Gasteiger charge is -2.22. The Kier molecular flexibility index (Phi) is 3.34. The fourth-order valence-electron chi connectivity index (χ4n) is 2.93. The molecule has 0 saturated carbocycles. The molecular formula is C18H16N2O2. The van der Waals surface area contributed by atoms with Gasteiger partial charge in [-0.05, 0) is 54.8 Å². The van der Waals surface area contributed by atoms with Crippen LogP contribution in [0.15, 0.2) is 42.5 Å². The van der Waals surface area contributed by atoms with E-state index in [-0.39, 0.29) is 5.91 Å². The number of carbonyl (C=O) groups is 1. The molecule has 4 nitrogen and oxygen atoms in total. The molecule has 0 radical (unpaired) electrons. The van der Waals surface area contributed by atoms with Crippen LogP contribution in [0.25, 0.3) is 0 Å². The fraction of sp³-hybridized carbons (Fsp3) is 0.222. The Morgan fingerprint density at radius 3 is 2.82 bits per heavy atom. The Hall–Kier alpha value is -2.80. The van der Waals surface area contributed by atoms with E-state index in [1.165, 1.54) is 0 Å². The van der Waals surface area contributed by atoms with Crippen molar-refractivity contribution in [1.29, 1.82) is 5.26 Å². The minimum absolute atomic E-state index is 0.0295. The van der Waals surface area contributed by atoms with E-state index >= 15 is 0 Å². The molecule has 3 rings (SSSR count). The summed E-state index contributed by atoms with van der Waals surface area (Å²) in [7, 11) is 1.61. The number of hydrogen-bond donors (Lipinski definition) is 1. The Bertz CT molecular complexity index is 792. The van der Waals surface area contributed by atoms with Gasteiger partial charge in [-0.25, -0.2) is 0 Å². The summed E-state index contributed by atoms with van der Waals surface area (Å²) in [6.07, 6.45) is 0.536. The van der Waals surface area contributed by atoms with Crippen molar-refractivity contribution in [2.75, 3.05) is 12.4 Å². The molecule has 1 N–H and O–H groups in total. The molecule has 2 aromatic rings. The van der Waals surface area contributed by atoms with Crippen molar-refractivity contribution in [1.82, 2.24) is 0 Å². The standard InChI is InChI=1S/C18H16N2O2/c1-18(10-12-4-3-5-13(8-12)11-19)15-9-14(22-2)6-7-16(15)20-17(18)21/h3-9H,10H2,1-2H3,(H,20,21). The smallest absolute Gasteiger partial charge is 0.235 e. The Balaban J connectivity index is 2.02. The first-order valence-electron chi connectivity index (χ1n) is 7.06. The van der Waals surface area contributed by atoms with E-state index in [1.807, 2.05) is 43.3 Å². The highest BCUT2D eigenvalue weighted by molar-refractivity contribution is 6.06. The van der Waals surface area contributed by atoms with Crippen LogP contribution in [0.2, 0.25) is 0 Å². The summed E-state index contributed by atoms with van der Waals surface area (Å²) in [5.74, 6) is 0.699. The molecule has 0 aliphatic carbocycles. The minimum atomic E-state index is -0.669. The van der Waals surface area contributed by atoms with E-state index in [1.54, 1.807) is 13.2 Å². The first-order valence-corrected chi connectivity index (χ1v) is 7.06. The highest BCUT2D eigenvalue weighted by Gasteiger charge is 2.42. The second-order valence-electron chi connectivity index (χ2n) is 5.69. The van der Waals surface area contributed by atoms with E-state index in [9.17, 15) is 4.79 Å². The predicted molar refractivity (Wildman–Crippen MR) is 83.8 cm³/mol. The van der Waals surface area contributed by atoms with E-state index < -0.39 is 5.41 Å². The number of carbonyl (C=O) groups excluding carboxylic acids is 1. The maximum atomic E-state index is 12.5. The van der Waals surface area contributed by atoms with Crippen molar-refractivity contribution in [2.45, 2.75) is 18.8 Å². The number of anilines is 1.